The highest BCUT2D eigenvalue weighted by atomic mass is 32.1. The molecule has 9 heteroatoms. The molecule has 208 valence electrons. The molecule has 0 saturated carbocycles. The van der Waals surface area contributed by atoms with Gasteiger partial charge in [-0.05, 0) is 72.7 Å². The smallest absolute Gasteiger partial charge is 0.291 e. The van der Waals surface area contributed by atoms with Gasteiger partial charge in [-0.2, -0.15) is 14.6 Å². The zero-order chi connectivity index (χ0) is 29.1. The summed E-state index contributed by atoms with van der Waals surface area (Å²) in [6.45, 7) is 6.11. The second-order valence-electron chi connectivity index (χ2n) is 9.48. The molecule has 0 fully saturated rings. The molecule has 0 aliphatic carbocycles. The fourth-order valence-corrected chi connectivity index (χ4v) is 5.42. The van der Waals surface area contributed by atoms with Crippen molar-refractivity contribution in [3.63, 3.8) is 0 Å². The van der Waals surface area contributed by atoms with Crippen molar-refractivity contribution in [2.24, 2.45) is 0 Å². The second kappa shape index (κ2) is 11.7. The van der Waals surface area contributed by atoms with Gasteiger partial charge in [-0.3, -0.25) is 4.79 Å². The minimum atomic E-state index is -0.227. The summed E-state index contributed by atoms with van der Waals surface area (Å²) in [6.07, 6.45) is 9.18. The summed E-state index contributed by atoms with van der Waals surface area (Å²) in [4.78, 5) is 18.4. The fourth-order valence-electron chi connectivity index (χ4n) is 4.52. The molecule has 0 saturated heterocycles. The van der Waals surface area contributed by atoms with Crippen LogP contribution in [-0.2, 0) is 0 Å². The van der Waals surface area contributed by atoms with Crippen molar-refractivity contribution in [3.8, 4) is 28.4 Å². The molecule has 42 heavy (non-hydrogen) atoms. The number of para-hydroxylation sites is 1. The number of nitrogens with zero attached hydrogens (tertiary/aromatic N) is 5. The van der Waals surface area contributed by atoms with E-state index in [1.165, 1.54) is 15.9 Å². The van der Waals surface area contributed by atoms with E-state index in [1.807, 2.05) is 103 Å². The Kier molecular flexibility index (Phi) is 7.49. The molecule has 0 atom stereocenters. The zero-order valence-corrected chi connectivity index (χ0v) is 23.9. The van der Waals surface area contributed by atoms with E-state index in [0.717, 1.165) is 45.1 Å². The molecule has 0 aliphatic heterocycles. The number of thiazole rings is 1. The molecule has 0 amide bonds. The number of hydrogen-bond donors (Lipinski definition) is 0. The Morgan fingerprint density at radius 1 is 1.00 bits per heavy atom. The zero-order valence-electron chi connectivity index (χ0n) is 23.1. The molecule has 6 rings (SSSR count). The van der Waals surface area contributed by atoms with Gasteiger partial charge in [0.15, 0.2) is 5.82 Å². The monoisotopic (exact) mass is 573 g/mol. The minimum absolute atomic E-state index is 0.227. The van der Waals surface area contributed by atoms with Crippen LogP contribution in [0.25, 0.3) is 40.1 Å². The van der Waals surface area contributed by atoms with Crippen molar-refractivity contribution in [3.05, 3.63) is 129 Å². The van der Waals surface area contributed by atoms with Crippen LogP contribution >= 0.6 is 11.3 Å². The lowest BCUT2D eigenvalue weighted by Crippen LogP contribution is -2.23. The Morgan fingerprint density at radius 3 is 2.52 bits per heavy atom. The summed E-state index contributed by atoms with van der Waals surface area (Å²) in [5.41, 5.74) is 5.15. The highest BCUT2D eigenvalue weighted by Gasteiger charge is 2.15. The molecule has 0 aliphatic rings. The molecule has 3 aromatic heterocycles. The minimum Gasteiger partial charge on any atom is -0.496 e. The van der Waals surface area contributed by atoms with Crippen molar-refractivity contribution in [2.75, 3.05) is 13.7 Å². The standard InChI is InChI=1S/C33H27N5O3S/c1-4-18-41-27-14-10-23(11-15-27)12-17-30-34-33-38(35-30)32(39)29(42-33)20-25-21-37(26-8-6-5-7-9-26)36-31(25)24-13-16-28(40-3)22(2)19-24/h4-17,19-21H,1,18H2,2-3H3/b17-12+,29-20-. The molecule has 0 N–H and O–H groups in total. The van der Waals surface area contributed by atoms with Crippen LogP contribution in [0.1, 0.15) is 22.5 Å². The van der Waals surface area contributed by atoms with E-state index in [1.54, 1.807) is 19.3 Å². The van der Waals surface area contributed by atoms with Gasteiger partial charge in [0.05, 0.1) is 17.3 Å². The van der Waals surface area contributed by atoms with E-state index in [4.69, 9.17) is 14.6 Å². The number of aryl methyl sites for hydroxylation is 1. The Balaban J connectivity index is 1.34. The van der Waals surface area contributed by atoms with Crippen LogP contribution in [0.15, 0.2) is 96.4 Å². The Labute approximate surface area is 246 Å². The maximum absolute atomic E-state index is 13.4. The molecule has 0 unspecified atom stereocenters. The number of ether oxygens (including phenoxy) is 2. The van der Waals surface area contributed by atoms with Crippen LogP contribution in [0, 0.1) is 6.92 Å². The highest BCUT2D eigenvalue weighted by Crippen LogP contribution is 2.29. The topological polar surface area (TPSA) is 83.5 Å². The first-order chi connectivity index (χ1) is 20.5. The first kappa shape index (κ1) is 26.9. The predicted octanol–water partition coefficient (Wildman–Crippen LogP) is 5.60. The van der Waals surface area contributed by atoms with Gasteiger partial charge in [0, 0.05) is 17.3 Å². The van der Waals surface area contributed by atoms with Crippen molar-refractivity contribution in [1.82, 2.24) is 24.4 Å². The largest absolute Gasteiger partial charge is 0.496 e. The molecule has 0 bridgehead atoms. The first-order valence-electron chi connectivity index (χ1n) is 13.3. The summed E-state index contributed by atoms with van der Waals surface area (Å²) in [7, 11) is 1.65. The number of methoxy groups -OCH3 is 1. The second-order valence-corrected chi connectivity index (χ2v) is 10.5. The first-order valence-corrected chi connectivity index (χ1v) is 14.1. The van der Waals surface area contributed by atoms with Crippen LogP contribution < -0.4 is 19.6 Å². The van der Waals surface area contributed by atoms with Gasteiger partial charge in [0.1, 0.15) is 23.8 Å². The Hall–Kier alpha value is -5.28. The molecule has 0 spiro atoms. The lowest BCUT2D eigenvalue weighted by atomic mass is 10.0. The number of fused-ring (bicyclic) bond motifs is 1. The van der Waals surface area contributed by atoms with E-state index >= 15 is 0 Å². The van der Waals surface area contributed by atoms with Crippen molar-refractivity contribution in [2.45, 2.75) is 6.92 Å². The predicted molar refractivity (Wildman–Crippen MR) is 167 cm³/mol. The van der Waals surface area contributed by atoms with E-state index < -0.39 is 0 Å². The Bertz CT molecular complexity index is 2020. The molecular weight excluding hydrogens is 546 g/mol. The maximum atomic E-state index is 13.4. The van der Waals surface area contributed by atoms with Crippen LogP contribution in [-0.4, -0.2) is 38.1 Å². The molecule has 6 aromatic rings. The van der Waals surface area contributed by atoms with Crippen LogP contribution in [0.5, 0.6) is 11.5 Å². The van der Waals surface area contributed by atoms with E-state index in [2.05, 4.69) is 16.7 Å². The van der Waals surface area contributed by atoms with Crippen LogP contribution in [0.4, 0.5) is 0 Å². The van der Waals surface area contributed by atoms with E-state index in [0.29, 0.717) is 21.9 Å². The lowest BCUT2D eigenvalue weighted by molar-refractivity contribution is 0.363. The van der Waals surface area contributed by atoms with Crippen molar-refractivity contribution >= 4 is 34.5 Å². The SMILES string of the molecule is C=CCOc1ccc(/C=C/c2nc3s/c(=C\c4cn(-c5ccccc5)nc4-c4ccc(OC)c(C)c4)c(=O)n3n2)cc1. The van der Waals surface area contributed by atoms with Gasteiger partial charge in [-0.15, -0.1) is 5.10 Å². The third-order valence-corrected chi connectivity index (χ3v) is 7.55. The molecule has 0 radical (unpaired) electrons. The van der Waals surface area contributed by atoms with Gasteiger partial charge < -0.3 is 9.47 Å². The number of aromatic nitrogens is 5. The van der Waals surface area contributed by atoms with Gasteiger partial charge in [0.2, 0.25) is 4.96 Å². The number of rotatable bonds is 9. The van der Waals surface area contributed by atoms with E-state index in [9.17, 15) is 4.79 Å². The fraction of sp³-hybridized carbons (Fsp3) is 0.0909. The maximum Gasteiger partial charge on any atom is 0.291 e. The molecule has 8 nitrogen and oxygen atoms in total. The van der Waals surface area contributed by atoms with Gasteiger partial charge >= 0.3 is 0 Å². The summed E-state index contributed by atoms with van der Waals surface area (Å²) in [5.74, 6) is 2.04. The normalized spacial score (nSPS) is 11.9. The summed E-state index contributed by atoms with van der Waals surface area (Å²) >= 11 is 1.29. The number of hydrogen-bond acceptors (Lipinski definition) is 7. The third-order valence-electron chi connectivity index (χ3n) is 6.59. The summed E-state index contributed by atoms with van der Waals surface area (Å²) in [6, 6.07) is 23.5. The van der Waals surface area contributed by atoms with Gasteiger partial charge in [-0.25, -0.2) is 4.68 Å². The van der Waals surface area contributed by atoms with Crippen molar-refractivity contribution in [1.29, 1.82) is 0 Å². The quantitative estimate of drug-likeness (QED) is 0.209. The van der Waals surface area contributed by atoms with Crippen LogP contribution in [0.2, 0.25) is 0 Å². The highest BCUT2D eigenvalue weighted by molar-refractivity contribution is 7.15. The lowest BCUT2D eigenvalue weighted by Gasteiger charge is -2.06. The van der Waals surface area contributed by atoms with Gasteiger partial charge in [-0.1, -0.05) is 60.4 Å². The molecular formula is C33H27N5O3S. The third kappa shape index (κ3) is 5.50. The van der Waals surface area contributed by atoms with Crippen molar-refractivity contribution < 1.29 is 9.47 Å². The van der Waals surface area contributed by atoms with Gasteiger partial charge in [0.25, 0.3) is 5.56 Å². The number of benzene rings is 3. The summed E-state index contributed by atoms with van der Waals surface area (Å²) in [5, 5.41) is 9.33. The molecule has 3 heterocycles. The average Bonchev–Trinajstić information content (AvgIpc) is 3.70. The average molecular weight is 574 g/mol. The van der Waals surface area contributed by atoms with Crippen LogP contribution in [0.3, 0.4) is 0 Å². The Morgan fingerprint density at radius 2 is 1.81 bits per heavy atom. The van der Waals surface area contributed by atoms with E-state index in [-0.39, 0.29) is 5.56 Å². The molecule has 3 aromatic carbocycles. The summed E-state index contributed by atoms with van der Waals surface area (Å²) < 4.78 is 14.7.